The molecule has 0 aliphatic carbocycles. The first-order chi connectivity index (χ1) is 13.0. The van der Waals surface area contributed by atoms with Crippen LogP contribution in [0.1, 0.15) is 27.9 Å². The van der Waals surface area contributed by atoms with Gasteiger partial charge < -0.3 is 5.11 Å². The number of halogens is 3. The Kier molecular flexibility index (Phi) is 4.67. The Morgan fingerprint density at radius 1 is 1.18 bits per heavy atom. The highest BCUT2D eigenvalue weighted by atomic mass is 19.4. The standard InChI is InChI=1S/C18H14F3N3O4/c1-11-2-4-12(5-3-11)15-10-17(26,18(19,20)21)23(22-15)16(25)13-6-8-14(9-7-13)24(27)28/h2-9,26H,10H2,1H3/t17-/m1/s1. The smallest absolute Gasteiger partial charge is 0.362 e. The second-order valence-corrected chi connectivity index (χ2v) is 6.32. The third kappa shape index (κ3) is 3.33. The zero-order valence-corrected chi connectivity index (χ0v) is 14.5. The molecule has 1 N–H and O–H groups in total. The van der Waals surface area contributed by atoms with E-state index in [2.05, 4.69) is 5.10 Å². The summed E-state index contributed by atoms with van der Waals surface area (Å²) in [5.41, 5.74) is -3.00. The van der Waals surface area contributed by atoms with Gasteiger partial charge in [0.15, 0.2) is 0 Å². The number of nitro benzene ring substituents is 1. The van der Waals surface area contributed by atoms with Gasteiger partial charge in [-0.05, 0) is 24.6 Å². The molecule has 1 aliphatic heterocycles. The third-order valence-electron chi connectivity index (χ3n) is 4.34. The first kappa shape index (κ1) is 19.5. The van der Waals surface area contributed by atoms with E-state index in [1.165, 1.54) is 0 Å². The number of alkyl halides is 3. The van der Waals surface area contributed by atoms with Gasteiger partial charge in [-0.3, -0.25) is 14.9 Å². The average Bonchev–Trinajstić information content (AvgIpc) is 3.00. The number of aryl methyl sites for hydroxylation is 1. The summed E-state index contributed by atoms with van der Waals surface area (Å²) in [6, 6.07) is 10.4. The summed E-state index contributed by atoms with van der Waals surface area (Å²) in [7, 11) is 0. The van der Waals surface area contributed by atoms with Crippen molar-refractivity contribution in [3.63, 3.8) is 0 Å². The summed E-state index contributed by atoms with van der Waals surface area (Å²) >= 11 is 0. The van der Waals surface area contributed by atoms with Crippen molar-refractivity contribution in [3.05, 3.63) is 75.3 Å². The van der Waals surface area contributed by atoms with Gasteiger partial charge in [-0.1, -0.05) is 29.8 Å². The fraction of sp³-hybridized carbons (Fsp3) is 0.222. The van der Waals surface area contributed by atoms with Gasteiger partial charge in [0.1, 0.15) is 0 Å². The van der Waals surface area contributed by atoms with E-state index in [0.717, 1.165) is 29.8 Å². The van der Waals surface area contributed by atoms with Gasteiger partial charge in [-0.15, -0.1) is 0 Å². The van der Waals surface area contributed by atoms with Crippen molar-refractivity contribution in [1.29, 1.82) is 0 Å². The largest absolute Gasteiger partial charge is 0.438 e. The molecule has 2 aromatic rings. The molecule has 0 saturated heterocycles. The van der Waals surface area contributed by atoms with Gasteiger partial charge in [-0.2, -0.15) is 23.3 Å². The number of rotatable bonds is 3. The Labute approximate surface area is 156 Å². The molecule has 28 heavy (non-hydrogen) atoms. The van der Waals surface area contributed by atoms with E-state index in [9.17, 15) is 33.2 Å². The van der Waals surface area contributed by atoms with Gasteiger partial charge in [0, 0.05) is 17.7 Å². The molecular formula is C18H14F3N3O4. The van der Waals surface area contributed by atoms with E-state index in [4.69, 9.17) is 0 Å². The second-order valence-electron chi connectivity index (χ2n) is 6.32. The fourth-order valence-electron chi connectivity index (χ4n) is 2.73. The van der Waals surface area contributed by atoms with Crippen molar-refractivity contribution in [2.24, 2.45) is 5.10 Å². The summed E-state index contributed by atoms with van der Waals surface area (Å²) < 4.78 is 40.8. The minimum atomic E-state index is -5.17. The Morgan fingerprint density at radius 3 is 2.25 bits per heavy atom. The zero-order chi connectivity index (χ0) is 20.7. The van der Waals surface area contributed by atoms with Crippen LogP contribution in [0.15, 0.2) is 53.6 Å². The summed E-state index contributed by atoms with van der Waals surface area (Å²) in [6.45, 7) is 1.80. The molecule has 0 bridgehead atoms. The first-order valence-electron chi connectivity index (χ1n) is 8.05. The maximum atomic E-state index is 13.6. The lowest BCUT2D eigenvalue weighted by molar-refractivity contribution is -0.384. The minimum Gasteiger partial charge on any atom is -0.362 e. The number of hydrazone groups is 1. The number of hydrogen-bond acceptors (Lipinski definition) is 5. The van der Waals surface area contributed by atoms with E-state index >= 15 is 0 Å². The first-order valence-corrected chi connectivity index (χ1v) is 8.05. The molecule has 0 fully saturated rings. The van der Waals surface area contributed by atoms with Crippen LogP contribution in [0.3, 0.4) is 0 Å². The maximum Gasteiger partial charge on any atom is 0.438 e. The lowest BCUT2D eigenvalue weighted by Gasteiger charge is -2.32. The van der Waals surface area contributed by atoms with Crippen LogP contribution < -0.4 is 0 Å². The molecule has 146 valence electrons. The normalized spacial score (nSPS) is 19.5. The zero-order valence-electron chi connectivity index (χ0n) is 14.5. The van der Waals surface area contributed by atoms with Gasteiger partial charge >= 0.3 is 6.18 Å². The highest BCUT2D eigenvalue weighted by Gasteiger charge is 2.63. The monoisotopic (exact) mass is 393 g/mol. The maximum absolute atomic E-state index is 13.6. The van der Waals surface area contributed by atoms with E-state index < -0.39 is 29.2 Å². The van der Waals surface area contributed by atoms with Crippen LogP contribution in [0.5, 0.6) is 0 Å². The third-order valence-corrected chi connectivity index (χ3v) is 4.34. The van der Waals surface area contributed by atoms with Crippen LogP contribution >= 0.6 is 0 Å². The highest BCUT2D eigenvalue weighted by molar-refractivity contribution is 6.05. The molecule has 3 rings (SSSR count). The number of hydrogen-bond donors (Lipinski definition) is 1. The molecule has 0 radical (unpaired) electrons. The summed E-state index contributed by atoms with van der Waals surface area (Å²) in [5.74, 6) is -1.23. The molecule has 7 nitrogen and oxygen atoms in total. The van der Waals surface area contributed by atoms with Crippen molar-refractivity contribution < 1.29 is 28.0 Å². The molecule has 1 aliphatic rings. The van der Waals surface area contributed by atoms with Crippen LogP contribution in [-0.4, -0.2) is 38.6 Å². The van der Waals surface area contributed by atoms with E-state index in [0.29, 0.717) is 5.56 Å². The molecule has 1 amide bonds. The molecule has 1 heterocycles. The number of non-ortho nitro benzene ring substituents is 1. The predicted molar refractivity (Wildman–Crippen MR) is 92.6 cm³/mol. The Balaban J connectivity index is 2.01. The second kappa shape index (κ2) is 6.71. The Hall–Kier alpha value is -3.27. The van der Waals surface area contributed by atoms with Crippen LogP contribution in [0.25, 0.3) is 0 Å². The van der Waals surface area contributed by atoms with E-state index in [1.54, 1.807) is 31.2 Å². The van der Waals surface area contributed by atoms with Crippen LogP contribution in [0.4, 0.5) is 18.9 Å². The summed E-state index contributed by atoms with van der Waals surface area (Å²) in [6.07, 6.45) is -6.10. The number of amides is 1. The van der Waals surface area contributed by atoms with Crippen LogP contribution in [0.2, 0.25) is 0 Å². The van der Waals surface area contributed by atoms with Crippen molar-refractivity contribution in [1.82, 2.24) is 5.01 Å². The lowest BCUT2D eigenvalue weighted by Crippen LogP contribution is -2.56. The summed E-state index contributed by atoms with van der Waals surface area (Å²) in [5, 5.41) is 24.7. The van der Waals surface area contributed by atoms with Crippen LogP contribution in [-0.2, 0) is 0 Å². The topological polar surface area (TPSA) is 96.0 Å². The van der Waals surface area contributed by atoms with Crippen molar-refractivity contribution in [3.8, 4) is 0 Å². The molecule has 0 saturated carbocycles. The Bertz CT molecular complexity index is 956. The van der Waals surface area contributed by atoms with Crippen molar-refractivity contribution in [2.75, 3.05) is 0 Å². The van der Waals surface area contributed by atoms with E-state index in [1.807, 2.05) is 0 Å². The number of nitro groups is 1. The number of nitrogens with zero attached hydrogens (tertiary/aromatic N) is 3. The van der Waals surface area contributed by atoms with Gasteiger partial charge in [-0.25, -0.2) is 0 Å². The van der Waals surface area contributed by atoms with Crippen LogP contribution in [0, 0.1) is 17.0 Å². The highest BCUT2D eigenvalue weighted by Crippen LogP contribution is 2.42. The number of carbonyl (C=O) groups excluding carboxylic acids is 1. The van der Waals surface area contributed by atoms with Crippen molar-refractivity contribution >= 4 is 17.3 Å². The molecular weight excluding hydrogens is 379 g/mol. The molecule has 1 atom stereocenters. The molecule has 0 unspecified atom stereocenters. The SMILES string of the molecule is Cc1ccc(C2=NN(C(=O)c3ccc([N+](=O)[O-])cc3)[C@](O)(C(F)(F)F)C2)cc1. The molecule has 10 heteroatoms. The van der Waals surface area contributed by atoms with Gasteiger partial charge in [0.25, 0.3) is 17.3 Å². The lowest BCUT2D eigenvalue weighted by atomic mass is 10.00. The number of benzene rings is 2. The molecule has 0 aromatic heterocycles. The average molecular weight is 393 g/mol. The molecule has 0 spiro atoms. The number of aliphatic hydroxyl groups is 1. The quantitative estimate of drug-likeness (QED) is 0.639. The number of carbonyl (C=O) groups is 1. The van der Waals surface area contributed by atoms with Gasteiger partial charge in [0.2, 0.25) is 0 Å². The van der Waals surface area contributed by atoms with Gasteiger partial charge in [0.05, 0.1) is 17.1 Å². The minimum absolute atomic E-state index is 0.0106. The Morgan fingerprint density at radius 2 is 1.75 bits per heavy atom. The fourth-order valence-corrected chi connectivity index (χ4v) is 2.73. The molecule has 2 aromatic carbocycles. The van der Waals surface area contributed by atoms with E-state index in [-0.39, 0.29) is 22.0 Å². The summed E-state index contributed by atoms with van der Waals surface area (Å²) in [4.78, 5) is 22.6. The van der Waals surface area contributed by atoms with Crippen molar-refractivity contribution in [2.45, 2.75) is 25.2 Å². The predicted octanol–water partition coefficient (Wildman–Crippen LogP) is 3.40.